The third kappa shape index (κ3) is 3.96. The van der Waals surface area contributed by atoms with Crippen molar-refractivity contribution < 1.29 is 4.74 Å². The molecule has 0 N–H and O–H groups in total. The molecule has 3 heterocycles. The van der Waals surface area contributed by atoms with Gasteiger partial charge < -0.3 is 9.64 Å². The van der Waals surface area contributed by atoms with Gasteiger partial charge in [0, 0.05) is 38.6 Å². The molecule has 0 amide bonds. The molecule has 0 saturated carbocycles. The molecule has 2 aliphatic heterocycles. The molecule has 2 saturated heterocycles. The molecule has 5 nitrogen and oxygen atoms in total. The van der Waals surface area contributed by atoms with Gasteiger partial charge in [-0.3, -0.25) is 4.90 Å². The predicted molar refractivity (Wildman–Crippen MR) is 88.3 cm³/mol. The van der Waals surface area contributed by atoms with Crippen LogP contribution in [-0.2, 0) is 4.74 Å². The maximum Gasteiger partial charge on any atom is 0.130 e. The molecule has 3 rings (SSSR count). The van der Waals surface area contributed by atoms with Crippen LogP contribution in [-0.4, -0.2) is 60.8 Å². The van der Waals surface area contributed by atoms with E-state index in [2.05, 4.69) is 33.6 Å². The van der Waals surface area contributed by atoms with Gasteiger partial charge in [0.25, 0.3) is 0 Å². The van der Waals surface area contributed by atoms with E-state index in [1.165, 1.54) is 25.1 Å². The van der Waals surface area contributed by atoms with Crippen LogP contribution in [0.1, 0.15) is 38.4 Å². The first-order valence-corrected chi connectivity index (χ1v) is 8.59. The Hall–Kier alpha value is -1.20. The number of anilines is 1. The number of morpholine rings is 1. The lowest BCUT2D eigenvalue weighted by atomic mass is 9.96. The van der Waals surface area contributed by atoms with Crippen LogP contribution in [0.25, 0.3) is 0 Å². The molecule has 5 heteroatoms. The first-order chi connectivity index (χ1) is 10.7. The number of piperidine rings is 1. The van der Waals surface area contributed by atoms with Crippen LogP contribution in [0.3, 0.4) is 0 Å². The molecule has 0 radical (unpaired) electrons. The van der Waals surface area contributed by atoms with Crippen LogP contribution in [0, 0.1) is 5.92 Å². The van der Waals surface area contributed by atoms with Crippen LogP contribution < -0.4 is 4.90 Å². The number of hydrogen-bond donors (Lipinski definition) is 0. The van der Waals surface area contributed by atoms with E-state index < -0.39 is 0 Å². The van der Waals surface area contributed by atoms with Crippen LogP contribution in [0.5, 0.6) is 0 Å². The summed E-state index contributed by atoms with van der Waals surface area (Å²) in [5.74, 6) is 2.16. The van der Waals surface area contributed by atoms with Crippen molar-refractivity contribution in [2.45, 2.75) is 32.6 Å². The van der Waals surface area contributed by atoms with Crippen LogP contribution >= 0.6 is 0 Å². The average molecular weight is 304 g/mol. The van der Waals surface area contributed by atoms with Crippen molar-refractivity contribution in [1.29, 1.82) is 0 Å². The molecule has 1 aromatic rings. The summed E-state index contributed by atoms with van der Waals surface area (Å²) >= 11 is 0. The van der Waals surface area contributed by atoms with Crippen LogP contribution in [0.15, 0.2) is 12.4 Å². The Morgan fingerprint density at radius 2 is 1.73 bits per heavy atom. The third-order valence-electron chi connectivity index (χ3n) is 4.77. The molecule has 1 aromatic heterocycles. The van der Waals surface area contributed by atoms with E-state index in [1.54, 1.807) is 0 Å². The number of ether oxygens (including phenoxy) is 1. The highest BCUT2D eigenvalue weighted by molar-refractivity contribution is 5.42. The third-order valence-corrected chi connectivity index (χ3v) is 4.77. The summed E-state index contributed by atoms with van der Waals surface area (Å²) in [6.45, 7) is 11.8. The highest BCUT2D eigenvalue weighted by Crippen LogP contribution is 2.23. The summed E-state index contributed by atoms with van der Waals surface area (Å²) in [6, 6.07) is 0. The fourth-order valence-electron chi connectivity index (χ4n) is 3.32. The van der Waals surface area contributed by atoms with Crippen LogP contribution in [0.4, 0.5) is 5.69 Å². The van der Waals surface area contributed by atoms with E-state index in [4.69, 9.17) is 4.74 Å². The fraction of sp³-hybridized carbons (Fsp3) is 0.765. The lowest BCUT2D eigenvalue weighted by molar-refractivity contribution is 0.0289. The zero-order valence-electron chi connectivity index (χ0n) is 13.9. The highest BCUT2D eigenvalue weighted by Gasteiger charge is 2.23. The van der Waals surface area contributed by atoms with Crippen molar-refractivity contribution in [3.05, 3.63) is 18.2 Å². The molecule has 2 aliphatic rings. The van der Waals surface area contributed by atoms with Gasteiger partial charge in [-0.1, -0.05) is 13.8 Å². The van der Waals surface area contributed by atoms with Gasteiger partial charge >= 0.3 is 0 Å². The highest BCUT2D eigenvalue weighted by atomic mass is 16.5. The molecule has 2 fully saturated rings. The number of nitrogens with zero attached hydrogens (tertiary/aromatic N) is 4. The van der Waals surface area contributed by atoms with Gasteiger partial charge in [-0.15, -0.1) is 0 Å². The lowest BCUT2D eigenvalue weighted by Gasteiger charge is -2.36. The predicted octanol–water partition coefficient (Wildman–Crippen LogP) is 2.15. The first-order valence-electron chi connectivity index (χ1n) is 8.59. The molecule has 0 aromatic carbocycles. The zero-order valence-corrected chi connectivity index (χ0v) is 13.9. The summed E-state index contributed by atoms with van der Waals surface area (Å²) in [4.78, 5) is 14.0. The van der Waals surface area contributed by atoms with Crippen molar-refractivity contribution in [3.63, 3.8) is 0 Å². The minimum absolute atomic E-state index is 0.397. The first kappa shape index (κ1) is 15.7. The Balaban J connectivity index is 1.48. The molecule has 0 unspecified atom stereocenters. The topological polar surface area (TPSA) is 41.5 Å². The maximum absolute atomic E-state index is 5.43. The van der Waals surface area contributed by atoms with E-state index in [9.17, 15) is 0 Å². The number of hydrogen-bond acceptors (Lipinski definition) is 5. The number of rotatable bonds is 4. The Bertz CT molecular complexity index is 448. The molecular weight excluding hydrogens is 276 g/mol. The van der Waals surface area contributed by atoms with Crippen molar-refractivity contribution in [1.82, 2.24) is 14.9 Å². The smallest absolute Gasteiger partial charge is 0.130 e. The molecule has 0 atom stereocenters. The van der Waals surface area contributed by atoms with Crippen LogP contribution in [0.2, 0.25) is 0 Å². The fourth-order valence-corrected chi connectivity index (χ4v) is 3.32. The summed E-state index contributed by atoms with van der Waals surface area (Å²) in [6.07, 6.45) is 6.52. The second-order valence-electron chi connectivity index (χ2n) is 6.80. The maximum atomic E-state index is 5.43. The monoisotopic (exact) mass is 304 g/mol. The van der Waals surface area contributed by atoms with E-state index in [0.717, 1.165) is 51.1 Å². The van der Waals surface area contributed by atoms with Crippen molar-refractivity contribution in [2.24, 2.45) is 5.92 Å². The summed E-state index contributed by atoms with van der Waals surface area (Å²) in [5, 5.41) is 0. The quantitative estimate of drug-likeness (QED) is 0.852. The minimum atomic E-state index is 0.397. The molecule has 0 aliphatic carbocycles. The molecule has 0 spiro atoms. The normalized spacial score (nSPS) is 21.5. The van der Waals surface area contributed by atoms with E-state index in [1.807, 2.05) is 12.4 Å². The molecular formula is C17H28N4O. The van der Waals surface area contributed by atoms with Gasteiger partial charge in [-0.2, -0.15) is 0 Å². The largest absolute Gasteiger partial charge is 0.379 e. The van der Waals surface area contributed by atoms with Gasteiger partial charge in [-0.25, -0.2) is 9.97 Å². The molecule has 0 bridgehead atoms. The van der Waals surface area contributed by atoms with Gasteiger partial charge in [0.1, 0.15) is 5.82 Å². The molecule has 122 valence electrons. The standard InChI is InChI=1S/C17H28N4O/c1-14(2)17-18-11-16(12-19-17)21-5-3-15(4-6-21)13-20-7-9-22-10-8-20/h11-12,14-15H,3-10,13H2,1-2H3. The van der Waals surface area contributed by atoms with Gasteiger partial charge in [0.05, 0.1) is 31.3 Å². The zero-order chi connectivity index (χ0) is 15.4. The summed E-state index contributed by atoms with van der Waals surface area (Å²) in [5.41, 5.74) is 1.18. The second kappa shape index (κ2) is 7.38. The van der Waals surface area contributed by atoms with E-state index in [-0.39, 0.29) is 0 Å². The molecule has 22 heavy (non-hydrogen) atoms. The minimum Gasteiger partial charge on any atom is -0.379 e. The van der Waals surface area contributed by atoms with Gasteiger partial charge in [0.2, 0.25) is 0 Å². The lowest BCUT2D eigenvalue weighted by Crippen LogP contribution is -2.43. The number of aromatic nitrogens is 2. The van der Waals surface area contributed by atoms with E-state index >= 15 is 0 Å². The Labute approximate surface area is 133 Å². The van der Waals surface area contributed by atoms with E-state index in [0.29, 0.717) is 5.92 Å². The summed E-state index contributed by atoms with van der Waals surface area (Å²) < 4.78 is 5.43. The van der Waals surface area contributed by atoms with Gasteiger partial charge in [0.15, 0.2) is 0 Å². The van der Waals surface area contributed by atoms with Gasteiger partial charge in [-0.05, 0) is 18.8 Å². The summed E-state index contributed by atoms with van der Waals surface area (Å²) in [7, 11) is 0. The van der Waals surface area contributed by atoms with Crippen molar-refractivity contribution in [2.75, 3.05) is 50.8 Å². The second-order valence-corrected chi connectivity index (χ2v) is 6.80. The Morgan fingerprint density at radius 1 is 1.09 bits per heavy atom. The van der Waals surface area contributed by atoms with Crippen molar-refractivity contribution >= 4 is 5.69 Å². The Morgan fingerprint density at radius 3 is 2.32 bits per heavy atom. The average Bonchev–Trinajstić information content (AvgIpc) is 2.57. The Kier molecular flexibility index (Phi) is 5.26. The SMILES string of the molecule is CC(C)c1ncc(N2CCC(CN3CCOCC3)CC2)cn1. The van der Waals surface area contributed by atoms with Crippen molar-refractivity contribution in [3.8, 4) is 0 Å².